The Balaban J connectivity index is 1.97. The third-order valence-corrected chi connectivity index (χ3v) is 3.23. The summed E-state index contributed by atoms with van der Waals surface area (Å²) in [5.74, 6) is 0.122. The smallest absolute Gasteiger partial charge is 0.134 e. The van der Waals surface area contributed by atoms with E-state index in [2.05, 4.69) is 24.4 Å². The molecule has 0 aliphatic rings. The normalized spacial score (nSPS) is 12.3. The Labute approximate surface area is 112 Å². The van der Waals surface area contributed by atoms with Gasteiger partial charge in [-0.3, -0.25) is 0 Å². The molecule has 2 nitrogen and oxygen atoms in total. The van der Waals surface area contributed by atoms with Crippen LogP contribution in [-0.2, 0) is 6.54 Å². The molecule has 0 aliphatic carbocycles. The van der Waals surface area contributed by atoms with Crippen molar-refractivity contribution in [2.24, 2.45) is 0 Å². The molecule has 0 saturated heterocycles. The average Bonchev–Trinajstić information content (AvgIpc) is 2.41. The maximum absolute atomic E-state index is 9.35. The molecule has 0 aliphatic heterocycles. The SMILES string of the molecule is C[C@@H](NCc1ccc(O)c(Cl)c1)c1ccccc1. The Morgan fingerprint density at radius 1 is 1.17 bits per heavy atom. The number of benzene rings is 2. The minimum atomic E-state index is 0.122. The largest absolute Gasteiger partial charge is 0.506 e. The number of hydrogen-bond acceptors (Lipinski definition) is 2. The van der Waals surface area contributed by atoms with Crippen LogP contribution in [-0.4, -0.2) is 5.11 Å². The zero-order valence-corrected chi connectivity index (χ0v) is 11.0. The van der Waals surface area contributed by atoms with Crippen molar-refractivity contribution in [1.82, 2.24) is 5.32 Å². The third-order valence-electron chi connectivity index (χ3n) is 2.92. The molecule has 0 saturated carbocycles. The van der Waals surface area contributed by atoms with Crippen LogP contribution in [0, 0.1) is 0 Å². The van der Waals surface area contributed by atoms with Gasteiger partial charge >= 0.3 is 0 Å². The van der Waals surface area contributed by atoms with Gasteiger partial charge in [-0.2, -0.15) is 0 Å². The molecule has 0 unspecified atom stereocenters. The Kier molecular flexibility index (Phi) is 4.24. The van der Waals surface area contributed by atoms with E-state index in [0.717, 1.165) is 12.1 Å². The summed E-state index contributed by atoms with van der Waals surface area (Å²) in [4.78, 5) is 0. The van der Waals surface area contributed by atoms with Gasteiger partial charge < -0.3 is 10.4 Å². The van der Waals surface area contributed by atoms with Gasteiger partial charge in [0.15, 0.2) is 0 Å². The van der Waals surface area contributed by atoms with Crippen LogP contribution in [0.5, 0.6) is 5.75 Å². The van der Waals surface area contributed by atoms with Crippen LogP contribution < -0.4 is 5.32 Å². The molecule has 94 valence electrons. The second kappa shape index (κ2) is 5.89. The molecule has 0 aromatic heterocycles. The number of rotatable bonds is 4. The summed E-state index contributed by atoms with van der Waals surface area (Å²) in [5, 5.41) is 13.2. The number of phenols is 1. The molecule has 0 fully saturated rings. The summed E-state index contributed by atoms with van der Waals surface area (Å²) < 4.78 is 0. The van der Waals surface area contributed by atoms with E-state index in [0.29, 0.717) is 5.02 Å². The van der Waals surface area contributed by atoms with Gasteiger partial charge in [-0.05, 0) is 30.2 Å². The molecule has 18 heavy (non-hydrogen) atoms. The first-order valence-electron chi connectivity index (χ1n) is 5.92. The molecular formula is C15H16ClNO. The fraction of sp³-hybridized carbons (Fsp3) is 0.200. The van der Waals surface area contributed by atoms with Crippen LogP contribution in [0.2, 0.25) is 5.02 Å². The highest BCUT2D eigenvalue weighted by atomic mass is 35.5. The summed E-state index contributed by atoms with van der Waals surface area (Å²) in [7, 11) is 0. The Morgan fingerprint density at radius 2 is 1.89 bits per heavy atom. The van der Waals surface area contributed by atoms with Crippen LogP contribution in [0.25, 0.3) is 0 Å². The minimum Gasteiger partial charge on any atom is -0.506 e. The van der Waals surface area contributed by atoms with Crippen LogP contribution in [0.4, 0.5) is 0 Å². The number of nitrogens with one attached hydrogen (secondary N) is 1. The van der Waals surface area contributed by atoms with Crippen LogP contribution in [0.15, 0.2) is 48.5 Å². The minimum absolute atomic E-state index is 0.122. The van der Waals surface area contributed by atoms with E-state index in [1.165, 1.54) is 5.56 Å². The lowest BCUT2D eigenvalue weighted by Crippen LogP contribution is -2.17. The molecule has 1 atom stereocenters. The van der Waals surface area contributed by atoms with Crippen LogP contribution >= 0.6 is 11.6 Å². The molecule has 0 radical (unpaired) electrons. The van der Waals surface area contributed by atoms with Gasteiger partial charge in [0.1, 0.15) is 5.75 Å². The van der Waals surface area contributed by atoms with E-state index >= 15 is 0 Å². The van der Waals surface area contributed by atoms with Gasteiger partial charge in [0.05, 0.1) is 5.02 Å². The summed E-state index contributed by atoms with van der Waals surface area (Å²) in [6.45, 7) is 2.84. The van der Waals surface area contributed by atoms with Crippen molar-refractivity contribution in [2.45, 2.75) is 19.5 Å². The van der Waals surface area contributed by atoms with Crippen LogP contribution in [0.1, 0.15) is 24.1 Å². The third kappa shape index (κ3) is 3.25. The van der Waals surface area contributed by atoms with Crippen molar-refractivity contribution in [3.63, 3.8) is 0 Å². The first-order valence-corrected chi connectivity index (χ1v) is 6.30. The fourth-order valence-corrected chi connectivity index (χ4v) is 1.99. The summed E-state index contributed by atoms with van der Waals surface area (Å²) in [6.07, 6.45) is 0. The quantitative estimate of drug-likeness (QED) is 0.875. The van der Waals surface area contributed by atoms with E-state index in [1.807, 2.05) is 24.3 Å². The highest BCUT2D eigenvalue weighted by molar-refractivity contribution is 6.32. The van der Waals surface area contributed by atoms with Crippen LogP contribution in [0.3, 0.4) is 0 Å². The maximum atomic E-state index is 9.35. The average molecular weight is 262 g/mol. The van der Waals surface area contributed by atoms with Crippen molar-refractivity contribution >= 4 is 11.6 Å². The monoisotopic (exact) mass is 261 g/mol. The van der Waals surface area contributed by atoms with Crippen molar-refractivity contribution in [1.29, 1.82) is 0 Å². The number of halogens is 1. The fourth-order valence-electron chi connectivity index (χ4n) is 1.79. The molecule has 0 spiro atoms. The van der Waals surface area contributed by atoms with Crippen molar-refractivity contribution in [3.8, 4) is 5.75 Å². The summed E-state index contributed by atoms with van der Waals surface area (Å²) in [5.41, 5.74) is 2.31. The molecular weight excluding hydrogens is 246 g/mol. The number of hydrogen-bond donors (Lipinski definition) is 2. The zero-order chi connectivity index (χ0) is 13.0. The first-order chi connectivity index (χ1) is 8.66. The lowest BCUT2D eigenvalue weighted by molar-refractivity contribution is 0.475. The van der Waals surface area contributed by atoms with Gasteiger partial charge in [0.2, 0.25) is 0 Å². The molecule has 0 bridgehead atoms. The van der Waals surface area contributed by atoms with Crippen molar-refractivity contribution in [3.05, 3.63) is 64.7 Å². The lowest BCUT2D eigenvalue weighted by Gasteiger charge is -2.14. The van der Waals surface area contributed by atoms with Gasteiger partial charge in [-0.25, -0.2) is 0 Å². The van der Waals surface area contributed by atoms with Gasteiger partial charge in [0, 0.05) is 12.6 Å². The van der Waals surface area contributed by atoms with Crippen molar-refractivity contribution in [2.75, 3.05) is 0 Å². The molecule has 2 rings (SSSR count). The van der Waals surface area contributed by atoms with E-state index < -0.39 is 0 Å². The lowest BCUT2D eigenvalue weighted by atomic mass is 10.1. The standard InChI is InChI=1S/C15H16ClNO/c1-11(13-5-3-2-4-6-13)17-10-12-7-8-15(18)14(16)9-12/h2-9,11,17-18H,10H2,1H3/t11-/m1/s1. The number of phenolic OH excluding ortho intramolecular Hbond substituents is 1. The van der Waals surface area contributed by atoms with Gasteiger partial charge in [0.25, 0.3) is 0 Å². The maximum Gasteiger partial charge on any atom is 0.134 e. The summed E-state index contributed by atoms with van der Waals surface area (Å²) in [6, 6.07) is 15.8. The highest BCUT2D eigenvalue weighted by Gasteiger charge is 2.05. The van der Waals surface area contributed by atoms with E-state index in [4.69, 9.17) is 11.6 Å². The van der Waals surface area contributed by atoms with E-state index in [1.54, 1.807) is 12.1 Å². The molecule has 2 aromatic rings. The van der Waals surface area contributed by atoms with Gasteiger partial charge in [-0.1, -0.05) is 48.0 Å². The molecule has 2 N–H and O–H groups in total. The Morgan fingerprint density at radius 3 is 2.56 bits per heavy atom. The van der Waals surface area contributed by atoms with E-state index in [9.17, 15) is 5.11 Å². The van der Waals surface area contributed by atoms with E-state index in [-0.39, 0.29) is 11.8 Å². The molecule has 0 amide bonds. The predicted octanol–water partition coefficient (Wildman–Crippen LogP) is 3.90. The summed E-state index contributed by atoms with van der Waals surface area (Å²) >= 11 is 5.87. The first kappa shape index (κ1) is 12.9. The second-order valence-electron chi connectivity index (χ2n) is 4.30. The Hall–Kier alpha value is -1.51. The predicted molar refractivity (Wildman–Crippen MR) is 74.8 cm³/mol. The molecule has 2 aromatic carbocycles. The number of aromatic hydroxyl groups is 1. The molecule has 0 heterocycles. The zero-order valence-electron chi connectivity index (χ0n) is 10.2. The highest BCUT2D eigenvalue weighted by Crippen LogP contribution is 2.23. The topological polar surface area (TPSA) is 32.3 Å². The van der Waals surface area contributed by atoms with Crippen molar-refractivity contribution < 1.29 is 5.11 Å². The second-order valence-corrected chi connectivity index (χ2v) is 4.71. The Bertz CT molecular complexity index is 513. The van der Waals surface area contributed by atoms with Gasteiger partial charge in [-0.15, -0.1) is 0 Å². The molecule has 3 heteroatoms.